The van der Waals surface area contributed by atoms with Gasteiger partial charge in [0.05, 0.1) is 21.5 Å². The Bertz CT molecular complexity index is 408. The van der Waals surface area contributed by atoms with Gasteiger partial charge in [-0.05, 0) is 6.07 Å². The van der Waals surface area contributed by atoms with E-state index in [2.05, 4.69) is 4.98 Å². The highest BCUT2D eigenvalue weighted by molar-refractivity contribution is 7.20. The summed E-state index contributed by atoms with van der Waals surface area (Å²) in [6.45, 7) is 0. The zero-order chi connectivity index (χ0) is 9.26. The molecule has 0 aliphatic rings. The van der Waals surface area contributed by atoms with E-state index >= 15 is 0 Å². The van der Waals surface area contributed by atoms with Crippen molar-refractivity contribution in [2.24, 2.45) is 0 Å². The number of thiophene rings is 1. The van der Waals surface area contributed by atoms with E-state index in [4.69, 9.17) is 23.2 Å². The molecule has 0 saturated carbocycles. The second-order valence-electron chi connectivity index (χ2n) is 2.41. The maximum Gasteiger partial charge on any atom is 0.133 e. The lowest BCUT2D eigenvalue weighted by atomic mass is 10.5. The Hall–Kier alpha value is -0.0900. The number of rotatable bonds is 2. The molecule has 0 radical (unpaired) electrons. The Kier molecular flexibility index (Phi) is 2.89. The van der Waals surface area contributed by atoms with Crippen molar-refractivity contribution in [2.75, 3.05) is 0 Å². The largest absolute Gasteiger partial charge is 0.239 e. The topological polar surface area (TPSA) is 12.9 Å². The number of halogens is 2. The van der Waals surface area contributed by atoms with Crippen LogP contribution >= 0.6 is 45.9 Å². The Morgan fingerprint density at radius 1 is 1.31 bits per heavy atom. The van der Waals surface area contributed by atoms with E-state index in [9.17, 15) is 0 Å². The van der Waals surface area contributed by atoms with Gasteiger partial charge >= 0.3 is 0 Å². The lowest BCUT2D eigenvalue weighted by molar-refractivity contribution is 1.23. The predicted octanol–water partition coefficient (Wildman–Crippen LogP) is 4.26. The predicted molar refractivity (Wildman–Crippen MR) is 60.0 cm³/mol. The molecule has 0 amide bonds. The van der Waals surface area contributed by atoms with Crippen molar-refractivity contribution in [3.05, 3.63) is 27.5 Å². The van der Waals surface area contributed by atoms with E-state index in [1.165, 1.54) is 0 Å². The Morgan fingerprint density at radius 2 is 2.15 bits per heavy atom. The van der Waals surface area contributed by atoms with Crippen LogP contribution in [0.4, 0.5) is 0 Å². The molecule has 0 aromatic carbocycles. The first kappa shape index (κ1) is 9.46. The summed E-state index contributed by atoms with van der Waals surface area (Å²) in [5, 5.41) is 5.63. The highest BCUT2D eigenvalue weighted by Gasteiger charge is 2.06. The van der Waals surface area contributed by atoms with Gasteiger partial charge in [0.2, 0.25) is 0 Å². The molecule has 2 aromatic heterocycles. The highest BCUT2D eigenvalue weighted by atomic mass is 35.5. The third kappa shape index (κ3) is 2.05. The molecule has 1 nitrogen and oxygen atoms in total. The SMILES string of the molecule is ClCc1csc(-c2cc(Cl)cs2)n1. The van der Waals surface area contributed by atoms with E-state index in [0.29, 0.717) is 5.88 Å². The van der Waals surface area contributed by atoms with Crippen LogP contribution in [0.5, 0.6) is 0 Å². The van der Waals surface area contributed by atoms with Crippen molar-refractivity contribution in [2.45, 2.75) is 5.88 Å². The van der Waals surface area contributed by atoms with E-state index in [1.54, 1.807) is 22.7 Å². The van der Waals surface area contributed by atoms with Crippen molar-refractivity contribution in [1.29, 1.82) is 0 Å². The van der Waals surface area contributed by atoms with Crippen LogP contribution < -0.4 is 0 Å². The fraction of sp³-hybridized carbons (Fsp3) is 0.125. The normalized spacial score (nSPS) is 10.6. The second kappa shape index (κ2) is 3.96. The van der Waals surface area contributed by atoms with Crippen LogP contribution in [0, 0.1) is 0 Å². The molecule has 13 heavy (non-hydrogen) atoms. The Morgan fingerprint density at radius 3 is 2.69 bits per heavy atom. The first-order chi connectivity index (χ1) is 6.29. The van der Waals surface area contributed by atoms with Crippen LogP contribution in [0.1, 0.15) is 5.69 Å². The van der Waals surface area contributed by atoms with E-state index < -0.39 is 0 Å². The first-order valence-electron chi connectivity index (χ1n) is 3.54. The smallest absolute Gasteiger partial charge is 0.133 e. The molecule has 0 spiro atoms. The summed E-state index contributed by atoms with van der Waals surface area (Å²) < 4.78 is 0. The van der Waals surface area contributed by atoms with Crippen molar-refractivity contribution >= 4 is 45.9 Å². The third-order valence-corrected chi connectivity index (χ3v) is 4.08. The molecular weight excluding hydrogens is 245 g/mol. The van der Waals surface area contributed by atoms with Gasteiger partial charge in [-0.25, -0.2) is 4.98 Å². The monoisotopic (exact) mass is 249 g/mol. The minimum absolute atomic E-state index is 0.468. The molecule has 0 aliphatic heterocycles. The zero-order valence-electron chi connectivity index (χ0n) is 6.46. The van der Waals surface area contributed by atoms with Gasteiger partial charge in [0.25, 0.3) is 0 Å². The van der Waals surface area contributed by atoms with Crippen LogP contribution in [-0.2, 0) is 5.88 Å². The molecule has 0 bridgehead atoms. The summed E-state index contributed by atoms with van der Waals surface area (Å²) in [7, 11) is 0. The molecule has 2 rings (SSSR count). The van der Waals surface area contributed by atoms with Gasteiger partial charge in [-0.1, -0.05) is 11.6 Å². The zero-order valence-corrected chi connectivity index (χ0v) is 9.60. The van der Waals surface area contributed by atoms with Gasteiger partial charge < -0.3 is 0 Å². The summed E-state index contributed by atoms with van der Waals surface area (Å²) >= 11 is 14.7. The summed E-state index contributed by atoms with van der Waals surface area (Å²) in [6.07, 6.45) is 0. The fourth-order valence-corrected chi connectivity index (χ4v) is 3.11. The number of hydrogen-bond donors (Lipinski definition) is 0. The first-order valence-corrected chi connectivity index (χ1v) is 6.21. The van der Waals surface area contributed by atoms with Crippen LogP contribution in [0.3, 0.4) is 0 Å². The van der Waals surface area contributed by atoms with Gasteiger partial charge in [0.1, 0.15) is 5.01 Å². The summed E-state index contributed by atoms with van der Waals surface area (Å²) in [5.74, 6) is 0.468. The van der Waals surface area contributed by atoms with Crippen molar-refractivity contribution < 1.29 is 0 Å². The third-order valence-electron chi connectivity index (χ3n) is 1.47. The van der Waals surface area contributed by atoms with Crippen LogP contribution in [0.25, 0.3) is 9.88 Å². The lowest BCUT2D eigenvalue weighted by Crippen LogP contribution is -1.75. The van der Waals surface area contributed by atoms with E-state index in [-0.39, 0.29) is 0 Å². The number of nitrogens with zero attached hydrogens (tertiary/aromatic N) is 1. The standard InChI is InChI=1S/C8H5Cl2NS2/c9-2-6-4-13-8(11-6)7-1-5(10)3-12-7/h1,3-4H,2H2. The molecule has 0 atom stereocenters. The van der Waals surface area contributed by atoms with Gasteiger partial charge in [0.15, 0.2) is 0 Å². The molecule has 68 valence electrons. The maximum absolute atomic E-state index is 5.81. The second-order valence-corrected chi connectivity index (χ2v) is 4.88. The lowest BCUT2D eigenvalue weighted by Gasteiger charge is -1.86. The van der Waals surface area contributed by atoms with Crippen molar-refractivity contribution in [3.63, 3.8) is 0 Å². The van der Waals surface area contributed by atoms with E-state index in [0.717, 1.165) is 20.6 Å². The van der Waals surface area contributed by atoms with Gasteiger partial charge in [-0.3, -0.25) is 0 Å². The Balaban J connectivity index is 2.35. The average Bonchev–Trinajstić information content (AvgIpc) is 2.71. The molecule has 2 heterocycles. The summed E-state index contributed by atoms with van der Waals surface area (Å²) in [5.41, 5.74) is 0.922. The fourth-order valence-electron chi connectivity index (χ4n) is 0.907. The highest BCUT2D eigenvalue weighted by Crippen LogP contribution is 2.31. The summed E-state index contributed by atoms with van der Waals surface area (Å²) in [6, 6.07) is 1.92. The van der Waals surface area contributed by atoms with Gasteiger partial charge in [-0.2, -0.15) is 0 Å². The molecule has 0 unspecified atom stereocenters. The number of aromatic nitrogens is 1. The minimum atomic E-state index is 0.468. The maximum atomic E-state index is 5.81. The molecule has 0 aliphatic carbocycles. The molecule has 0 saturated heterocycles. The van der Waals surface area contributed by atoms with E-state index in [1.807, 2.05) is 16.8 Å². The molecule has 2 aromatic rings. The molecular formula is C8H5Cl2NS2. The number of hydrogen-bond acceptors (Lipinski definition) is 3. The van der Waals surface area contributed by atoms with Crippen LogP contribution in [0.15, 0.2) is 16.8 Å². The van der Waals surface area contributed by atoms with Crippen molar-refractivity contribution in [1.82, 2.24) is 4.98 Å². The van der Waals surface area contributed by atoms with Crippen molar-refractivity contribution in [3.8, 4) is 9.88 Å². The average molecular weight is 250 g/mol. The van der Waals surface area contributed by atoms with Crippen LogP contribution in [-0.4, -0.2) is 4.98 Å². The van der Waals surface area contributed by atoms with Crippen LogP contribution in [0.2, 0.25) is 5.02 Å². The quantitative estimate of drug-likeness (QED) is 0.725. The molecule has 0 fully saturated rings. The minimum Gasteiger partial charge on any atom is -0.239 e. The molecule has 0 N–H and O–H groups in total. The van der Waals surface area contributed by atoms with Gasteiger partial charge in [-0.15, -0.1) is 34.3 Å². The summed E-state index contributed by atoms with van der Waals surface area (Å²) in [4.78, 5) is 5.45. The molecule has 5 heteroatoms. The number of thiazole rings is 1. The van der Waals surface area contributed by atoms with Gasteiger partial charge in [0, 0.05) is 10.8 Å². The number of alkyl halides is 1. The Labute approximate surface area is 94.0 Å².